The summed E-state index contributed by atoms with van der Waals surface area (Å²) in [5.74, 6) is 0. The van der Waals surface area contributed by atoms with E-state index in [-0.39, 0.29) is 5.69 Å². The largest absolute Gasteiger partial charge is 0.348 e. The van der Waals surface area contributed by atoms with Crippen molar-refractivity contribution in [1.82, 2.24) is 24.8 Å². The van der Waals surface area contributed by atoms with Crippen LogP contribution in [-0.2, 0) is 6.54 Å². The number of H-pyrrole nitrogens is 1. The molecule has 150 valence electrons. The molecule has 2 heterocycles. The number of nitrogens with one attached hydrogen (secondary N) is 2. The Morgan fingerprint density at radius 1 is 1.07 bits per heavy atom. The summed E-state index contributed by atoms with van der Waals surface area (Å²) < 4.78 is 1.62. The van der Waals surface area contributed by atoms with Crippen LogP contribution in [0.25, 0.3) is 27.7 Å². The molecule has 0 amide bonds. The van der Waals surface area contributed by atoms with Gasteiger partial charge in [0.2, 0.25) is 0 Å². The minimum absolute atomic E-state index is 0.208. The van der Waals surface area contributed by atoms with Crippen molar-refractivity contribution in [2.45, 2.75) is 19.9 Å². The normalized spacial score (nSPS) is 11.7. The molecule has 0 saturated heterocycles. The predicted molar refractivity (Wildman–Crippen MR) is 118 cm³/mol. The third-order valence-corrected chi connectivity index (χ3v) is 5.28. The number of rotatable bonds is 7. The van der Waals surface area contributed by atoms with E-state index < -0.39 is 0 Å². The summed E-state index contributed by atoms with van der Waals surface area (Å²) in [5, 5.41) is 11.2. The maximum Gasteiger partial charge on any atom is 0.348 e. The van der Waals surface area contributed by atoms with Gasteiger partial charge in [0, 0.05) is 11.9 Å². The maximum absolute atomic E-state index is 12.1. The zero-order valence-corrected chi connectivity index (χ0v) is 17.2. The highest BCUT2D eigenvalue weighted by molar-refractivity contribution is 5.89. The van der Waals surface area contributed by atoms with Gasteiger partial charge in [-0.3, -0.25) is 0 Å². The SMILES string of the molecule is Cc1cc2n[nH]c(=O)n2c2ccc(-c3ccc(CNCCCN(C)C)cc3)cc12. The first-order valence-corrected chi connectivity index (χ1v) is 9.98. The van der Waals surface area contributed by atoms with Crippen LogP contribution in [0.15, 0.2) is 53.3 Å². The average Bonchev–Trinajstić information content (AvgIpc) is 3.08. The molecule has 29 heavy (non-hydrogen) atoms. The fourth-order valence-corrected chi connectivity index (χ4v) is 3.70. The monoisotopic (exact) mass is 389 g/mol. The van der Waals surface area contributed by atoms with Crippen LogP contribution in [0, 0.1) is 6.92 Å². The number of aromatic amines is 1. The molecule has 2 aromatic carbocycles. The second-order valence-corrected chi connectivity index (χ2v) is 7.81. The van der Waals surface area contributed by atoms with Crippen molar-refractivity contribution in [3.63, 3.8) is 0 Å². The quantitative estimate of drug-likeness (QED) is 0.477. The molecule has 0 spiro atoms. The van der Waals surface area contributed by atoms with Gasteiger partial charge in [-0.15, -0.1) is 0 Å². The van der Waals surface area contributed by atoms with Gasteiger partial charge in [0.25, 0.3) is 0 Å². The number of nitrogens with zero attached hydrogens (tertiary/aromatic N) is 3. The lowest BCUT2D eigenvalue weighted by molar-refractivity contribution is 0.394. The Morgan fingerprint density at radius 2 is 1.83 bits per heavy atom. The van der Waals surface area contributed by atoms with Gasteiger partial charge in [-0.1, -0.05) is 30.3 Å². The number of fused-ring (bicyclic) bond motifs is 3. The zero-order valence-electron chi connectivity index (χ0n) is 17.2. The highest BCUT2D eigenvalue weighted by Crippen LogP contribution is 2.27. The van der Waals surface area contributed by atoms with Gasteiger partial charge < -0.3 is 10.2 Å². The van der Waals surface area contributed by atoms with Crippen LogP contribution >= 0.6 is 0 Å². The van der Waals surface area contributed by atoms with Crippen molar-refractivity contribution in [2.75, 3.05) is 27.2 Å². The fourth-order valence-electron chi connectivity index (χ4n) is 3.70. The number of hydrogen-bond acceptors (Lipinski definition) is 4. The summed E-state index contributed by atoms with van der Waals surface area (Å²) in [6.45, 7) is 5.05. The van der Waals surface area contributed by atoms with Crippen LogP contribution in [0.3, 0.4) is 0 Å². The molecule has 0 unspecified atom stereocenters. The molecular weight excluding hydrogens is 362 g/mol. The Morgan fingerprint density at radius 3 is 2.59 bits per heavy atom. The molecule has 0 atom stereocenters. The summed E-state index contributed by atoms with van der Waals surface area (Å²) in [7, 11) is 4.20. The Bertz CT molecular complexity index is 1190. The Hall–Kier alpha value is -2.96. The van der Waals surface area contributed by atoms with E-state index in [1.165, 1.54) is 11.1 Å². The molecule has 0 aliphatic rings. The lowest BCUT2D eigenvalue weighted by atomic mass is 10.00. The van der Waals surface area contributed by atoms with Gasteiger partial charge in [-0.05, 0) is 81.0 Å². The molecular formula is C23H27N5O. The number of pyridine rings is 1. The molecule has 4 rings (SSSR count). The summed E-state index contributed by atoms with van der Waals surface area (Å²) in [4.78, 5) is 14.3. The van der Waals surface area contributed by atoms with Crippen LogP contribution in [-0.4, -0.2) is 46.7 Å². The van der Waals surface area contributed by atoms with E-state index in [2.05, 4.69) is 77.8 Å². The first-order valence-electron chi connectivity index (χ1n) is 9.98. The minimum atomic E-state index is -0.208. The van der Waals surface area contributed by atoms with Gasteiger partial charge >= 0.3 is 5.69 Å². The molecule has 0 aliphatic carbocycles. The van der Waals surface area contributed by atoms with E-state index in [4.69, 9.17) is 0 Å². The first-order chi connectivity index (χ1) is 14.0. The molecule has 4 aromatic rings. The summed E-state index contributed by atoms with van der Waals surface area (Å²) in [6.07, 6.45) is 1.15. The molecule has 6 nitrogen and oxygen atoms in total. The third kappa shape index (κ3) is 4.09. The second kappa shape index (κ2) is 8.19. The van der Waals surface area contributed by atoms with Crippen molar-refractivity contribution in [1.29, 1.82) is 0 Å². The van der Waals surface area contributed by atoms with Gasteiger partial charge in [0.05, 0.1) is 5.52 Å². The van der Waals surface area contributed by atoms with Gasteiger partial charge in [0.1, 0.15) is 0 Å². The highest BCUT2D eigenvalue weighted by Gasteiger charge is 2.09. The molecule has 0 aliphatic heterocycles. The predicted octanol–water partition coefficient (Wildman–Crippen LogP) is 3.19. The minimum Gasteiger partial charge on any atom is -0.313 e. The van der Waals surface area contributed by atoms with E-state index in [0.717, 1.165) is 48.1 Å². The number of aryl methyl sites for hydroxylation is 1. The Labute approximate surface area is 170 Å². The number of benzene rings is 2. The van der Waals surface area contributed by atoms with Crippen molar-refractivity contribution >= 4 is 16.6 Å². The summed E-state index contributed by atoms with van der Waals surface area (Å²) in [5.41, 5.74) is 6.01. The molecule has 6 heteroatoms. The van der Waals surface area contributed by atoms with Gasteiger partial charge in [-0.25, -0.2) is 14.3 Å². The van der Waals surface area contributed by atoms with E-state index in [1.54, 1.807) is 4.40 Å². The Balaban J connectivity index is 1.54. The van der Waals surface area contributed by atoms with Crippen molar-refractivity contribution in [2.24, 2.45) is 0 Å². The fraction of sp³-hybridized carbons (Fsp3) is 0.304. The molecule has 2 N–H and O–H groups in total. The average molecular weight is 390 g/mol. The van der Waals surface area contributed by atoms with Crippen LogP contribution in [0.1, 0.15) is 17.5 Å². The zero-order chi connectivity index (χ0) is 20.4. The van der Waals surface area contributed by atoms with Gasteiger partial charge in [-0.2, -0.15) is 5.10 Å². The lowest BCUT2D eigenvalue weighted by Gasteiger charge is -2.11. The van der Waals surface area contributed by atoms with Crippen LogP contribution in [0.2, 0.25) is 0 Å². The second-order valence-electron chi connectivity index (χ2n) is 7.81. The van der Waals surface area contributed by atoms with Crippen molar-refractivity contribution < 1.29 is 0 Å². The summed E-state index contributed by atoms with van der Waals surface area (Å²) in [6, 6.07) is 16.8. The maximum atomic E-state index is 12.1. The number of hydrogen-bond donors (Lipinski definition) is 2. The smallest absolute Gasteiger partial charge is 0.313 e. The van der Waals surface area contributed by atoms with Crippen LogP contribution < -0.4 is 11.0 Å². The lowest BCUT2D eigenvalue weighted by Crippen LogP contribution is -2.20. The van der Waals surface area contributed by atoms with E-state index in [9.17, 15) is 4.79 Å². The first kappa shape index (κ1) is 19.4. The van der Waals surface area contributed by atoms with Crippen LogP contribution in [0.5, 0.6) is 0 Å². The van der Waals surface area contributed by atoms with Gasteiger partial charge in [0.15, 0.2) is 5.65 Å². The van der Waals surface area contributed by atoms with E-state index in [0.29, 0.717) is 5.65 Å². The molecule has 0 bridgehead atoms. The molecule has 0 fully saturated rings. The van der Waals surface area contributed by atoms with Crippen LogP contribution in [0.4, 0.5) is 0 Å². The van der Waals surface area contributed by atoms with E-state index in [1.807, 2.05) is 12.1 Å². The molecule has 2 aromatic heterocycles. The molecule has 0 saturated carbocycles. The topological polar surface area (TPSA) is 65.4 Å². The third-order valence-electron chi connectivity index (χ3n) is 5.28. The van der Waals surface area contributed by atoms with E-state index >= 15 is 0 Å². The standard InChI is InChI=1S/C23H27N5O/c1-16-13-22-25-26-23(29)28(22)21-10-9-19(14-20(16)21)18-7-5-17(6-8-18)15-24-11-4-12-27(2)3/h5-10,13-14,24H,4,11-12,15H2,1-3H3,(H,26,29). The number of aromatic nitrogens is 3. The van der Waals surface area contributed by atoms with Crippen molar-refractivity contribution in [3.8, 4) is 11.1 Å². The highest BCUT2D eigenvalue weighted by atomic mass is 16.1. The Kier molecular flexibility index (Phi) is 5.47. The summed E-state index contributed by atoms with van der Waals surface area (Å²) >= 11 is 0. The molecule has 0 radical (unpaired) electrons. The van der Waals surface area contributed by atoms with Crippen molar-refractivity contribution in [3.05, 3.63) is 70.1 Å².